The molecule has 6 nitrogen and oxygen atoms in total. The average molecular weight is 512 g/mol. The zero-order valence-corrected chi connectivity index (χ0v) is 19.1. The van der Waals surface area contributed by atoms with Crippen LogP contribution in [0, 0.1) is 0 Å². The van der Waals surface area contributed by atoms with E-state index >= 15 is 0 Å². The number of anilines is 1. The summed E-state index contributed by atoms with van der Waals surface area (Å²) in [6, 6.07) is 13.6. The molecule has 1 aliphatic heterocycles. The third kappa shape index (κ3) is 5.84. The molecule has 0 unspecified atom stereocenters. The Balaban J connectivity index is 1.29. The molecule has 0 radical (unpaired) electrons. The Morgan fingerprint density at radius 2 is 1.56 bits per heavy atom. The number of hydrogen-bond donors (Lipinski definition) is 0. The van der Waals surface area contributed by atoms with Gasteiger partial charge in [-0.25, -0.2) is 9.78 Å². The molecule has 1 aromatic heterocycles. The predicted octanol–water partition coefficient (Wildman–Crippen LogP) is 6.52. The number of amides is 1. The Labute approximate surface area is 203 Å². The topological polar surface area (TPSA) is 54.9 Å². The molecule has 0 aliphatic carbocycles. The second-order valence-corrected chi connectivity index (χ2v) is 8.21. The minimum absolute atomic E-state index is 0.0117. The fourth-order valence-corrected chi connectivity index (χ4v) is 3.59. The van der Waals surface area contributed by atoms with Gasteiger partial charge in [-0.05, 0) is 48.5 Å². The lowest BCUT2D eigenvalue weighted by Gasteiger charge is -2.35. The number of hydrogen-bond acceptors (Lipinski definition) is 5. The highest BCUT2D eigenvalue weighted by Gasteiger charge is 2.30. The molecule has 34 heavy (non-hydrogen) atoms. The molecule has 1 aliphatic rings. The number of ether oxygens (including phenoxy) is 2. The van der Waals surface area contributed by atoms with Crippen LogP contribution < -0.4 is 14.4 Å². The first-order valence-corrected chi connectivity index (χ1v) is 10.9. The van der Waals surface area contributed by atoms with Crippen molar-refractivity contribution in [3.8, 4) is 17.4 Å². The van der Waals surface area contributed by atoms with E-state index in [1.54, 1.807) is 17.0 Å². The quantitative estimate of drug-likeness (QED) is 0.399. The van der Waals surface area contributed by atoms with Crippen LogP contribution in [0.5, 0.6) is 17.4 Å². The largest absolute Gasteiger partial charge is 0.439 e. The van der Waals surface area contributed by atoms with Crippen molar-refractivity contribution in [3.63, 3.8) is 0 Å². The number of nitrogens with zero attached hydrogens (tertiary/aromatic N) is 3. The van der Waals surface area contributed by atoms with Crippen LogP contribution in [0.2, 0.25) is 10.0 Å². The van der Waals surface area contributed by atoms with Gasteiger partial charge < -0.3 is 19.3 Å². The van der Waals surface area contributed by atoms with Crippen LogP contribution in [0.15, 0.2) is 60.8 Å². The summed E-state index contributed by atoms with van der Waals surface area (Å²) in [6.07, 6.45) is -4.24. The summed E-state index contributed by atoms with van der Waals surface area (Å²) < 4.78 is 48.7. The number of halogens is 5. The lowest BCUT2D eigenvalue weighted by Crippen LogP contribution is -2.49. The molecule has 4 rings (SSSR count). The number of alkyl halides is 3. The number of carbonyl (C=O) groups excluding carboxylic acids is 1. The first-order chi connectivity index (χ1) is 16.2. The van der Waals surface area contributed by atoms with Crippen LogP contribution in [0.3, 0.4) is 0 Å². The molecule has 2 heterocycles. The predicted molar refractivity (Wildman–Crippen MR) is 122 cm³/mol. The zero-order valence-electron chi connectivity index (χ0n) is 17.6. The van der Waals surface area contributed by atoms with E-state index in [1.165, 1.54) is 24.3 Å². The first kappa shape index (κ1) is 24.0. The number of benzene rings is 2. The molecule has 1 saturated heterocycles. The summed E-state index contributed by atoms with van der Waals surface area (Å²) in [6.45, 7) is 2.17. The Hall–Kier alpha value is -3.17. The van der Waals surface area contributed by atoms with Gasteiger partial charge in [-0.1, -0.05) is 23.2 Å². The Bertz CT molecular complexity index is 1150. The van der Waals surface area contributed by atoms with Crippen molar-refractivity contribution in [2.75, 3.05) is 31.1 Å². The van der Waals surface area contributed by atoms with E-state index in [-0.39, 0.29) is 5.88 Å². The number of aromatic nitrogens is 1. The Kier molecular flexibility index (Phi) is 7.04. The van der Waals surface area contributed by atoms with Gasteiger partial charge in [0.05, 0.1) is 15.6 Å². The van der Waals surface area contributed by atoms with Crippen LogP contribution in [-0.2, 0) is 6.18 Å². The molecule has 1 fully saturated rings. The highest BCUT2D eigenvalue weighted by Crippen LogP contribution is 2.31. The van der Waals surface area contributed by atoms with Crippen molar-refractivity contribution < 1.29 is 27.4 Å². The van der Waals surface area contributed by atoms with Gasteiger partial charge in [0, 0.05) is 44.1 Å². The highest BCUT2D eigenvalue weighted by atomic mass is 35.5. The zero-order chi connectivity index (χ0) is 24.3. The van der Waals surface area contributed by atoms with Crippen molar-refractivity contribution in [2.24, 2.45) is 0 Å². The van der Waals surface area contributed by atoms with Crippen LogP contribution in [0.4, 0.5) is 23.7 Å². The normalized spacial score (nSPS) is 14.1. The number of piperazine rings is 1. The Morgan fingerprint density at radius 1 is 0.882 bits per heavy atom. The van der Waals surface area contributed by atoms with Gasteiger partial charge in [-0.15, -0.1) is 0 Å². The van der Waals surface area contributed by atoms with Crippen LogP contribution in [-0.4, -0.2) is 42.2 Å². The van der Waals surface area contributed by atoms with Crippen molar-refractivity contribution in [2.45, 2.75) is 6.18 Å². The number of carbonyl (C=O) groups is 1. The van der Waals surface area contributed by atoms with Crippen molar-refractivity contribution in [3.05, 3.63) is 76.4 Å². The van der Waals surface area contributed by atoms with Gasteiger partial charge in [0.1, 0.15) is 11.5 Å². The summed E-state index contributed by atoms with van der Waals surface area (Å²) in [5, 5.41) is 0.960. The molecule has 1 amide bonds. The highest BCUT2D eigenvalue weighted by molar-refractivity contribution is 6.42. The molecule has 2 aromatic carbocycles. The van der Waals surface area contributed by atoms with Crippen molar-refractivity contribution in [1.29, 1.82) is 0 Å². The maximum atomic E-state index is 12.6. The van der Waals surface area contributed by atoms with E-state index in [9.17, 15) is 18.0 Å². The summed E-state index contributed by atoms with van der Waals surface area (Å²) in [7, 11) is 0. The van der Waals surface area contributed by atoms with Gasteiger partial charge in [0.15, 0.2) is 0 Å². The number of rotatable bonds is 4. The molecule has 0 atom stereocenters. The summed E-state index contributed by atoms with van der Waals surface area (Å²) >= 11 is 12.0. The molecule has 0 spiro atoms. The molecule has 11 heteroatoms. The molecule has 0 bridgehead atoms. The van der Waals surface area contributed by atoms with E-state index in [1.807, 2.05) is 6.07 Å². The second-order valence-electron chi connectivity index (χ2n) is 7.40. The van der Waals surface area contributed by atoms with Crippen LogP contribution in [0.1, 0.15) is 5.56 Å². The lowest BCUT2D eigenvalue weighted by molar-refractivity contribution is -0.137. The monoisotopic (exact) mass is 511 g/mol. The second kappa shape index (κ2) is 9.99. The molecule has 178 valence electrons. The Morgan fingerprint density at radius 3 is 2.15 bits per heavy atom. The maximum Gasteiger partial charge on any atom is 0.417 e. The number of pyridine rings is 1. The average Bonchev–Trinajstić information content (AvgIpc) is 2.82. The van der Waals surface area contributed by atoms with Crippen LogP contribution >= 0.6 is 23.2 Å². The van der Waals surface area contributed by atoms with Gasteiger partial charge in [0.2, 0.25) is 5.88 Å². The van der Waals surface area contributed by atoms with Gasteiger partial charge >= 0.3 is 12.3 Å². The van der Waals surface area contributed by atoms with Gasteiger partial charge in [-0.2, -0.15) is 13.2 Å². The van der Waals surface area contributed by atoms with Gasteiger partial charge in [0.25, 0.3) is 0 Å². The van der Waals surface area contributed by atoms with E-state index in [4.69, 9.17) is 32.7 Å². The van der Waals surface area contributed by atoms with E-state index < -0.39 is 17.8 Å². The fourth-order valence-electron chi connectivity index (χ4n) is 3.30. The smallest absolute Gasteiger partial charge is 0.417 e. The fraction of sp³-hybridized carbons (Fsp3) is 0.217. The van der Waals surface area contributed by atoms with Crippen molar-refractivity contribution >= 4 is 35.0 Å². The molecular formula is C23H18Cl2F3N3O3. The van der Waals surface area contributed by atoms with Gasteiger partial charge in [-0.3, -0.25) is 0 Å². The SMILES string of the molecule is O=C(Oc1ccc(Oc2ccc(C(F)(F)F)cn2)cc1)N1CCN(c2ccc(Cl)c(Cl)c2)CC1. The standard InChI is InChI=1S/C23H18Cl2F3N3O3/c24-19-7-2-16(13-20(19)25)30-9-11-31(12-10-30)22(32)34-18-5-3-17(4-6-18)33-21-8-1-15(14-29-21)23(26,27)28/h1-8,13-14H,9-12H2. The minimum atomic E-state index is -4.47. The van der Waals surface area contributed by atoms with Crippen LogP contribution in [0.25, 0.3) is 0 Å². The molecule has 0 N–H and O–H groups in total. The van der Waals surface area contributed by atoms with E-state index in [0.29, 0.717) is 53.9 Å². The third-order valence-electron chi connectivity index (χ3n) is 5.12. The van der Waals surface area contributed by atoms with Crippen molar-refractivity contribution in [1.82, 2.24) is 9.88 Å². The lowest BCUT2D eigenvalue weighted by atomic mass is 10.2. The minimum Gasteiger partial charge on any atom is -0.439 e. The summed E-state index contributed by atoms with van der Waals surface area (Å²) in [5.74, 6) is 0.657. The third-order valence-corrected chi connectivity index (χ3v) is 5.86. The molecule has 3 aromatic rings. The van der Waals surface area contributed by atoms with E-state index in [0.717, 1.165) is 17.8 Å². The summed E-state index contributed by atoms with van der Waals surface area (Å²) in [5.41, 5.74) is 0.0699. The molecular weight excluding hydrogens is 494 g/mol. The maximum absolute atomic E-state index is 12.6. The molecule has 0 saturated carbocycles. The summed E-state index contributed by atoms with van der Waals surface area (Å²) in [4.78, 5) is 19.9. The first-order valence-electron chi connectivity index (χ1n) is 10.2. The van der Waals surface area contributed by atoms with E-state index in [2.05, 4.69) is 9.88 Å².